The molecule has 0 saturated heterocycles. The zero-order valence-electron chi connectivity index (χ0n) is 7.95. The third-order valence-corrected chi connectivity index (χ3v) is 1.69. The highest BCUT2D eigenvalue weighted by Gasteiger charge is 2.32. The second-order valence-electron chi connectivity index (χ2n) is 2.88. The minimum Gasteiger partial charge on any atom is -0.480 e. The second-order valence-corrected chi connectivity index (χ2v) is 2.88. The maximum atomic E-state index is 12.1. The van der Waals surface area contributed by atoms with Crippen LogP contribution in [-0.4, -0.2) is 23.3 Å². The number of aromatic nitrogens is 2. The van der Waals surface area contributed by atoms with Crippen LogP contribution in [0.3, 0.4) is 0 Å². The lowest BCUT2D eigenvalue weighted by atomic mass is 10.1. The maximum absolute atomic E-state index is 12.1. The number of hydrogen-bond acceptors (Lipinski definition) is 4. The summed E-state index contributed by atoms with van der Waals surface area (Å²) in [6.45, 7) is 0. The first kappa shape index (κ1) is 11.7. The van der Waals surface area contributed by atoms with Gasteiger partial charge in [0.15, 0.2) is 0 Å². The number of methoxy groups -OCH3 is 1. The van der Waals surface area contributed by atoms with Crippen LogP contribution in [0.25, 0.3) is 0 Å². The average Bonchev–Trinajstić information content (AvgIpc) is 2.15. The molecule has 1 rings (SSSR count). The van der Waals surface area contributed by atoms with Gasteiger partial charge >= 0.3 is 6.18 Å². The summed E-state index contributed by atoms with van der Waals surface area (Å²) in [5.74, 6) is 0.0225. The van der Waals surface area contributed by atoms with Crippen LogP contribution in [0, 0.1) is 0 Å². The summed E-state index contributed by atoms with van der Waals surface area (Å²) >= 11 is 0. The molecule has 1 unspecified atom stereocenters. The van der Waals surface area contributed by atoms with Gasteiger partial charge in [-0.15, -0.1) is 0 Å². The molecule has 0 spiro atoms. The molecule has 0 aliphatic rings. The summed E-state index contributed by atoms with van der Waals surface area (Å²) in [6, 6.07) is -1.26. The number of alkyl halides is 3. The van der Waals surface area contributed by atoms with Gasteiger partial charge in [-0.2, -0.15) is 13.2 Å². The molecule has 0 aliphatic carbocycles. The SMILES string of the molecule is COc1nccnc1C(N)CC(F)(F)F. The van der Waals surface area contributed by atoms with Crippen LogP contribution in [-0.2, 0) is 0 Å². The molecule has 2 N–H and O–H groups in total. The number of nitrogens with two attached hydrogens (primary N) is 1. The molecule has 4 nitrogen and oxygen atoms in total. The topological polar surface area (TPSA) is 61.0 Å². The summed E-state index contributed by atoms with van der Waals surface area (Å²) in [5, 5.41) is 0. The van der Waals surface area contributed by atoms with Gasteiger partial charge < -0.3 is 10.5 Å². The van der Waals surface area contributed by atoms with Gasteiger partial charge in [0.05, 0.1) is 19.6 Å². The van der Waals surface area contributed by atoms with Gasteiger partial charge in [0.25, 0.3) is 0 Å². The molecule has 1 atom stereocenters. The van der Waals surface area contributed by atoms with E-state index >= 15 is 0 Å². The van der Waals surface area contributed by atoms with E-state index in [-0.39, 0.29) is 11.6 Å². The number of rotatable bonds is 3. The molecule has 0 bridgehead atoms. The van der Waals surface area contributed by atoms with E-state index in [1.165, 1.54) is 19.5 Å². The third-order valence-electron chi connectivity index (χ3n) is 1.69. The molecule has 0 amide bonds. The monoisotopic (exact) mass is 221 g/mol. The van der Waals surface area contributed by atoms with Crippen molar-refractivity contribution in [1.82, 2.24) is 9.97 Å². The van der Waals surface area contributed by atoms with Crippen LogP contribution >= 0.6 is 0 Å². The van der Waals surface area contributed by atoms with Crippen LogP contribution in [0.15, 0.2) is 12.4 Å². The van der Waals surface area contributed by atoms with Crippen molar-refractivity contribution in [1.29, 1.82) is 0 Å². The van der Waals surface area contributed by atoms with Gasteiger partial charge in [-0.25, -0.2) is 4.98 Å². The van der Waals surface area contributed by atoms with E-state index in [1.54, 1.807) is 0 Å². The zero-order valence-corrected chi connectivity index (χ0v) is 7.95. The predicted octanol–water partition coefficient (Wildman–Crippen LogP) is 1.44. The Morgan fingerprint density at radius 1 is 1.40 bits per heavy atom. The lowest BCUT2D eigenvalue weighted by Crippen LogP contribution is -2.22. The highest BCUT2D eigenvalue weighted by molar-refractivity contribution is 5.20. The van der Waals surface area contributed by atoms with Crippen LogP contribution < -0.4 is 10.5 Å². The normalized spacial score (nSPS) is 13.7. The molecule has 15 heavy (non-hydrogen) atoms. The minimum atomic E-state index is -4.33. The van der Waals surface area contributed by atoms with Crippen molar-refractivity contribution < 1.29 is 17.9 Å². The number of hydrogen-bond donors (Lipinski definition) is 1. The summed E-state index contributed by atoms with van der Waals surface area (Å²) in [5.41, 5.74) is 5.37. The molecule has 7 heteroatoms. The zero-order chi connectivity index (χ0) is 11.5. The number of nitrogens with zero attached hydrogens (tertiary/aromatic N) is 2. The first-order valence-electron chi connectivity index (χ1n) is 4.11. The summed E-state index contributed by atoms with van der Waals surface area (Å²) < 4.78 is 40.9. The summed E-state index contributed by atoms with van der Waals surface area (Å²) in [4.78, 5) is 7.44. The molecular weight excluding hydrogens is 211 g/mol. The fourth-order valence-electron chi connectivity index (χ4n) is 1.09. The molecule has 0 radical (unpaired) electrons. The quantitative estimate of drug-likeness (QED) is 0.838. The smallest absolute Gasteiger partial charge is 0.390 e. The molecule has 1 heterocycles. The van der Waals surface area contributed by atoms with E-state index in [9.17, 15) is 13.2 Å². The van der Waals surface area contributed by atoms with E-state index in [0.717, 1.165) is 0 Å². The van der Waals surface area contributed by atoms with E-state index < -0.39 is 18.6 Å². The molecule has 1 aromatic heterocycles. The summed E-state index contributed by atoms with van der Waals surface area (Å²) in [7, 11) is 1.30. The highest BCUT2D eigenvalue weighted by atomic mass is 19.4. The number of ether oxygens (including phenoxy) is 1. The Hall–Kier alpha value is -1.37. The highest BCUT2D eigenvalue weighted by Crippen LogP contribution is 2.29. The van der Waals surface area contributed by atoms with Crippen molar-refractivity contribution in [2.75, 3.05) is 7.11 Å². The fraction of sp³-hybridized carbons (Fsp3) is 0.500. The Labute approximate surface area is 84.3 Å². The lowest BCUT2D eigenvalue weighted by molar-refractivity contribution is -0.138. The van der Waals surface area contributed by atoms with E-state index in [0.29, 0.717) is 0 Å². The van der Waals surface area contributed by atoms with Gasteiger partial charge in [-0.05, 0) is 0 Å². The van der Waals surface area contributed by atoms with E-state index in [1.807, 2.05) is 0 Å². The molecular formula is C8H10F3N3O. The largest absolute Gasteiger partial charge is 0.480 e. The van der Waals surface area contributed by atoms with Crippen molar-refractivity contribution in [3.8, 4) is 5.88 Å². The van der Waals surface area contributed by atoms with Crippen molar-refractivity contribution in [3.05, 3.63) is 18.1 Å². The molecule has 0 aliphatic heterocycles. The van der Waals surface area contributed by atoms with Gasteiger partial charge in [-0.1, -0.05) is 0 Å². The van der Waals surface area contributed by atoms with Gasteiger partial charge in [-0.3, -0.25) is 4.98 Å². The van der Waals surface area contributed by atoms with E-state index in [4.69, 9.17) is 10.5 Å². The predicted molar refractivity (Wildman–Crippen MR) is 46.2 cm³/mol. The standard InChI is InChI=1S/C8H10F3N3O/c1-15-7-6(13-2-3-14-7)5(12)4-8(9,10)11/h2-3,5H,4,12H2,1H3. The first-order valence-corrected chi connectivity index (χ1v) is 4.11. The maximum Gasteiger partial charge on any atom is 0.390 e. The van der Waals surface area contributed by atoms with Crippen molar-refractivity contribution >= 4 is 0 Å². The molecule has 84 valence electrons. The van der Waals surface area contributed by atoms with Gasteiger partial charge in [0, 0.05) is 12.4 Å². The van der Waals surface area contributed by atoms with Crippen molar-refractivity contribution in [2.45, 2.75) is 18.6 Å². The van der Waals surface area contributed by atoms with Crippen molar-refractivity contribution in [2.24, 2.45) is 5.73 Å². The minimum absolute atomic E-state index is 0.0114. The molecule has 0 saturated carbocycles. The van der Waals surface area contributed by atoms with Crippen LogP contribution in [0.4, 0.5) is 13.2 Å². The second kappa shape index (κ2) is 4.43. The lowest BCUT2D eigenvalue weighted by Gasteiger charge is -2.14. The average molecular weight is 221 g/mol. The van der Waals surface area contributed by atoms with E-state index in [2.05, 4.69) is 9.97 Å². The Morgan fingerprint density at radius 3 is 2.53 bits per heavy atom. The molecule has 0 fully saturated rings. The first-order chi connectivity index (χ1) is 6.94. The van der Waals surface area contributed by atoms with Gasteiger partial charge in [0.2, 0.25) is 5.88 Å². The third kappa shape index (κ3) is 3.35. The fourth-order valence-corrected chi connectivity index (χ4v) is 1.09. The Morgan fingerprint density at radius 2 is 2.00 bits per heavy atom. The Kier molecular flexibility index (Phi) is 3.46. The van der Waals surface area contributed by atoms with Crippen molar-refractivity contribution in [3.63, 3.8) is 0 Å². The van der Waals surface area contributed by atoms with Crippen LogP contribution in [0.1, 0.15) is 18.2 Å². The van der Waals surface area contributed by atoms with Crippen LogP contribution in [0.2, 0.25) is 0 Å². The summed E-state index contributed by atoms with van der Waals surface area (Å²) in [6.07, 6.45) is -2.89. The Bertz CT molecular complexity index is 329. The Balaban J connectivity index is 2.86. The van der Waals surface area contributed by atoms with Gasteiger partial charge in [0.1, 0.15) is 5.69 Å². The number of halogens is 3. The van der Waals surface area contributed by atoms with Crippen LogP contribution in [0.5, 0.6) is 5.88 Å². The molecule has 1 aromatic rings. The molecule has 0 aromatic carbocycles.